The van der Waals surface area contributed by atoms with Gasteiger partial charge in [0.1, 0.15) is 17.2 Å². The molecule has 0 aromatic heterocycles. The third-order valence-corrected chi connectivity index (χ3v) is 2.48. The van der Waals surface area contributed by atoms with E-state index in [-0.39, 0.29) is 11.0 Å². The number of unbranched alkanes of at least 4 members (excludes halogenated alkanes) is 1. The minimum atomic E-state index is -0.897. The van der Waals surface area contributed by atoms with Crippen LogP contribution in [0.25, 0.3) is 0 Å². The van der Waals surface area contributed by atoms with E-state index in [4.69, 9.17) is 6.42 Å². The number of carbonyl (C=O) groups is 1. The topological polar surface area (TPSA) is 29.1 Å². The molecule has 0 aliphatic heterocycles. The summed E-state index contributed by atoms with van der Waals surface area (Å²) in [4.78, 5) is 11.5. The highest BCUT2D eigenvalue weighted by Gasteiger charge is 2.17. The molecule has 1 rings (SSSR count). The smallest absolute Gasteiger partial charge is 0.257 e. The van der Waals surface area contributed by atoms with E-state index in [2.05, 4.69) is 27.2 Å². The molecule has 1 N–H and O–H groups in total. The number of benzene rings is 1. The van der Waals surface area contributed by atoms with E-state index < -0.39 is 23.1 Å². The van der Waals surface area contributed by atoms with Gasteiger partial charge < -0.3 is 5.32 Å². The van der Waals surface area contributed by atoms with Gasteiger partial charge >= 0.3 is 0 Å². The molecule has 1 aromatic carbocycles. The third kappa shape index (κ3) is 3.82. The van der Waals surface area contributed by atoms with Gasteiger partial charge in [0.05, 0.1) is 0 Å². The van der Waals surface area contributed by atoms with Crippen LogP contribution in [-0.2, 0) is 0 Å². The molecule has 0 bridgehead atoms. The predicted molar refractivity (Wildman–Crippen MR) is 64.5 cm³/mol. The lowest BCUT2D eigenvalue weighted by Crippen LogP contribution is -2.26. The van der Waals surface area contributed by atoms with Gasteiger partial charge in [-0.25, -0.2) is 8.78 Å². The van der Waals surface area contributed by atoms with Gasteiger partial charge in [0.2, 0.25) is 0 Å². The maximum Gasteiger partial charge on any atom is 0.257 e. The molecule has 0 saturated heterocycles. The Labute approximate surface area is 107 Å². The Morgan fingerprint density at radius 3 is 2.53 bits per heavy atom. The molecule has 0 aliphatic rings. The van der Waals surface area contributed by atoms with Gasteiger partial charge in [0.25, 0.3) is 5.91 Å². The standard InChI is InChI=1S/C12H10BrF2NO/c1-2-3-4-5-16-12(17)11-9(14)6-8(13)7-10(11)15/h1,6-7H,3-5H2,(H,16,17). The van der Waals surface area contributed by atoms with E-state index in [0.717, 1.165) is 12.1 Å². The van der Waals surface area contributed by atoms with Crippen molar-refractivity contribution in [1.82, 2.24) is 5.32 Å². The highest BCUT2D eigenvalue weighted by Crippen LogP contribution is 2.19. The van der Waals surface area contributed by atoms with Gasteiger partial charge in [0, 0.05) is 17.4 Å². The maximum absolute atomic E-state index is 13.4. The quantitative estimate of drug-likeness (QED) is 0.672. The van der Waals surface area contributed by atoms with Crippen LogP contribution in [0.2, 0.25) is 0 Å². The van der Waals surface area contributed by atoms with E-state index >= 15 is 0 Å². The first-order valence-electron chi connectivity index (χ1n) is 4.92. The van der Waals surface area contributed by atoms with Crippen molar-refractivity contribution < 1.29 is 13.6 Å². The Kier molecular flexibility index (Phi) is 5.11. The molecule has 90 valence electrons. The fraction of sp³-hybridized carbons (Fsp3) is 0.250. The lowest BCUT2D eigenvalue weighted by atomic mass is 10.2. The molecule has 0 fully saturated rings. The minimum absolute atomic E-state index is 0.247. The molecular weight excluding hydrogens is 292 g/mol. The zero-order chi connectivity index (χ0) is 12.8. The van der Waals surface area contributed by atoms with Crippen molar-refractivity contribution >= 4 is 21.8 Å². The number of hydrogen-bond donors (Lipinski definition) is 1. The molecule has 0 heterocycles. The average Bonchev–Trinajstić information content (AvgIpc) is 2.23. The molecular formula is C12H10BrF2NO. The second kappa shape index (κ2) is 6.36. The molecule has 1 amide bonds. The summed E-state index contributed by atoms with van der Waals surface area (Å²) in [6, 6.07) is 2.08. The predicted octanol–water partition coefficient (Wildman–Crippen LogP) is 2.87. The van der Waals surface area contributed by atoms with Gasteiger partial charge in [0.15, 0.2) is 0 Å². The summed E-state index contributed by atoms with van der Waals surface area (Å²) in [5.41, 5.74) is -0.575. The molecule has 0 aliphatic carbocycles. The van der Waals surface area contributed by atoms with Gasteiger partial charge in [-0.15, -0.1) is 12.3 Å². The highest BCUT2D eigenvalue weighted by molar-refractivity contribution is 9.10. The van der Waals surface area contributed by atoms with Crippen LogP contribution < -0.4 is 5.32 Å². The number of terminal acetylenes is 1. The lowest BCUT2D eigenvalue weighted by Gasteiger charge is -2.06. The second-order valence-corrected chi connectivity index (χ2v) is 4.22. The van der Waals surface area contributed by atoms with Crippen LogP contribution in [0, 0.1) is 24.0 Å². The van der Waals surface area contributed by atoms with Gasteiger partial charge in [-0.1, -0.05) is 15.9 Å². The summed E-state index contributed by atoms with van der Waals surface area (Å²) in [7, 11) is 0. The number of nitrogens with one attached hydrogen (secondary N) is 1. The Morgan fingerprint density at radius 1 is 1.41 bits per heavy atom. The molecule has 5 heteroatoms. The molecule has 17 heavy (non-hydrogen) atoms. The zero-order valence-electron chi connectivity index (χ0n) is 8.90. The van der Waals surface area contributed by atoms with E-state index in [1.807, 2.05) is 0 Å². The van der Waals surface area contributed by atoms with Crippen LogP contribution in [0.15, 0.2) is 16.6 Å². The van der Waals surface area contributed by atoms with Crippen molar-refractivity contribution in [3.8, 4) is 12.3 Å². The Bertz CT molecular complexity index is 445. The van der Waals surface area contributed by atoms with Crippen LogP contribution in [0.3, 0.4) is 0 Å². The van der Waals surface area contributed by atoms with Gasteiger partial charge in [-0.2, -0.15) is 0 Å². The number of amides is 1. The molecule has 0 spiro atoms. The first-order chi connectivity index (χ1) is 8.06. The number of hydrogen-bond acceptors (Lipinski definition) is 1. The molecule has 0 radical (unpaired) electrons. The molecule has 0 atom stereocenters. The summed E-state index contributed by atoms with van der Waals surface area (Å²) in [5, 5.41) is 2.41. The first kappa shape index (κ1) is 13.7. The normalized spacial score (nSPS) is 9.76. The first-order valence-corrected chi connectivity index (χ1v) is 5.71. The van der Waals surface area contributed by atoms with E-state index in [1.54, 1.807) is 0 Å². The second-order valence-electron chi connectivity index (χ2n) is 3.31. The molecule has 2 nitrogen and oxygen atoms in total. The van der Waals surface area contributed by atoms with E-state index in [9.17, 15) is 13.6 Å². The summed E-state index contributed by atoms with van der Waals surface area (Å²) >= 11 is 2.94. The Hall–Kier alpha value is -1.41. The summed E-state index contributed by atoms with van der Waals surface area (Å²) < 4.78 is 27.0. The van der Waals surface area contributed by atoms with Crippen LogP contribution in [0.5, 0.6) is 0 Å². The zero-order valence-corrected chi connectivity index (χ0v) is 10.5. The molecule has 0 unspecified atom stereocenters. The number of rotatable bonds is 4. The monoisotopic (exact) mass is 301 g/mol. The van der Waals surface area contributed by atoms with Crippen molar-refractivity contribution in [2.45, 2.75) is 12.8 Å². The SMILES string of the molecule is C#CCCCNC(=O)c1c(F)cc(Br)cc1F. The fourth-order valence-electron chi connectivity index (χ4n) is 1.24. The largest absolute Gasteiger partial charge is 0.352 e. The van der Waals surface area contributed by atoms with Crippen LogP contribution in [0.4, 0.5) is 8.78 Å². The third-order valence-electron chi connectivity index (χ3n) is 2.02. The van der Waals surface area contributed by atoms with Crippen molar-refractivity contribution in [2.24, 2.45) is 0 Å². The van der Waals surface area contributed by atoms with Crippen LogP contribution in [-0.4, -0.2) is 12.5 Å². The Balaban J connectivity index is 2.73. The molecule has 0 saturated carbocycles. The minimum Gasteiger partial charge on any atom is -0.352 e. The highest BCUT2D eigenvalue weighted by atomic mass is 79.9. The summed E-state index contributed by atoms with van der Waals surface area (Å²) in [6.45, 7) is 0.290. The van der Waals surface area contributed by atoms with Crippen LogP contribution >= 0.6 is 15.9 Å². The average molecular weight is 302 g/mol. The number of halogens is 3. The van der Waals surface area contributed by atoms with E-state index in [1.165, 1.54) is 0 Å². The fourth-order valence-corrected chi connectivity index (χ4v) is 1.64. The van der Waals surface area contributed by atoms with E-state index in [0.29, 0.717) is 12.8 Å². The molecule has 1 aromatic rings. The van der Waals surface area contributed by atoms with Crippen molar-refractivity contribution in [3.05, 3.63) is 33.8 Å². The maximum atomic E-state index is 13.4. The van der Waals surface area contributed by atoms with Gasteiger partial charge in [-0.3, -0.25) is 4.79 Å². The van der Waals surface area contributed by atoms with Crippen LogP contribution in [0.1, 0.15) is 23.2 Å². The van der Waals surface area contributed by atoms with Crippen molar-refractivity contribution in [1.29, 1.82) is 0 Å². The summed E-state index contributed by atoms with van der Waals surface area (Å²) in [5.74, 6) is -0.162. The summed E-state index contributed by atoms with van der Waals surface area (Å²) in [6.07, 6.45) is 6.11. The van der Waals surface area contributed by atoms with Crippen molar-refractivity contribution in [3.63, 3.8) is 0 Å². The number of carbonyl (C=O) groups excluding carboxylic acids is 1. The Morgan fingerprint density at radius 2 is 2.00 bits per heavy atom. The van der Waals surface area contributed by atoms with Gasteiger partial charge in [-0.05, 0) is 18.6 Å². The van der Waals surface area contributed by atoms with Crippen molar-refractivity contribution in [2.75, 3.05) is 6.54 Å². The lowest BCUT2D eigenvalue weighted by molar-refractivity contribution is 0.0945.